The van der Waals surface area contributed by atoms with E-state index >= 15 is 0 Å². The monoisotopic (exact) mass is 290 g/mol. The molecule has 3 heteroatoms. The van der Waals surface area contributed by atoms with Crippen LogP contribution in [0.1, 0.15) is 51.5 Å². The van der Waals surface area contributed by atoms with Crippen LogP contribution in [0, 0.1) is 0 Å². The molecule has 1 heterocycles. The van der Waals surface area contributed by atoms with Gasteiger partial charge >= 0.3 is 0 Å². The minimum atomic E-state index is -0.0938. The van der Waals surface area contributed by atoms with Crippen LogP contribution in [0.15, 0.2) is 24.3 Å². The van der Waals surface area contributed by atoms with E-state index in [0.29, 0.717) is 6.04 Å². The summed E-state index contributed by atoms with van der Waals surface area (Å²) >= 11 is 0. The number of nitrogens with one attached hydrogen (secondary N) is 1. The van der Waals surface area contributed by atoms with E-state index in [9.17, 15) is 5.11 Å². The van der Waals surface area contributed by atoms with Crippen LogP contribution in [0.2, 0.25) is 0 Å². The number of hydrogen-bond donors (Lipinski definition) is 2. The number of para-hydroxylation sites is 1. The van der Waals surface area contributed by atoms with Gasteiger partial charge in [0.25, 0.3) is 0 Å². The van der Waals surface area contributed by atoms with Gasteiger partial charge in [-0.15, -0.1) is 0 Å². The Bertz CT molecular complexity index is 413. The van der Waals surface area contributed by atoms with E-state index in [1.165, 1.54) is 30.5 Å². The first-order chi connectivity index (χ1) is 10.2. The summed E-state index contributed by atoms with van der Waals surface area (Å²) in [7, 11) is 0. The lowest BCUT2D eigenvalue weighted by Crippen LogP contribution is -2.35. The number of rotatable bonds is 7. The molecule has 0 bridgehead atoms. The molecule has 0 aliphatic carbocycles. The fourth-order valence-corrected chi connectivity index (χ4v) is 2.97. The van der Waals surface area contributed by atoms with Gasteiger partial charge in [-0.3, -0.25) is 4.90 Å². The maximum absolute atomic E-state index is 9.61. The fraction of sp³-hybridized carbons (Fsp3) is 0.667. The van der Waals surface area contributed by atoms with Crippen molar-refractivity contribution in [2.45, 2.75) is 64.6 Å². The van der Waals surface area contributed by atoms with E-state index in [4.69, 9.17) is 0 Å². The Morgan fingerprint density at radius 3 is 2.71 bits per heavy atom. The molecule has 21 heavy (non-hydrogen) atoms. The zero-order valence-electron chi connectivity index (χ0n) is 13.5. The number of nitrogens with zero attached hydrogens (tertiary/aromatic N) is 1. The summed E-state index contributed by atoms with van der Waals surface area (Å²) in [4.78, 5) is 2.45. The zero-order chi connectivity index (χ0) is 15.1. The number of aliphatic hydroxyl groups excluding tert-OH is 1. The van der Waals surface area contributed by atoms with E-state index in [0.717, 1.165) is 32.5 Å². The molecule has 1 unspecified atom stereocenters. The molecule has 3 nitrogen and oxygen atoms in total. The molecule has 0 radical (unpaired) electrons. The Hall–Kier alpha value is -1.06. The van der Waals surface area contributed by atoms with Gasteiger partial charge in [0, 0.05) is 31.4 Å². The number of unbranched alkanes of at least 4 members (excludes halogenated alkanes) is 1. The maximum atomic E-state index is 9.61. The third-order valence-corrected chi connectivity index (χ3v) is 4.36. The van der Waals surface area contributed by atoms with Crippen LogP contribution >= 0.6 is 0 Å². The van der Waals surface area contributed by atoms with Crippen LogP contribution in [0.25, 0.3) is 0 Å². The highest BCUT2D eigenvalue weighted by molar-refractivity contribution is 5.51. The number of likely N-dealkylation sites (tertiary alicyclic amines) is 1. The smallest absolute Gasteiger partial charge is 0.0564 e. The van der Waals surface area contributed by atoms with Crippen LogP contribution in [0.5, 0.6) is 0 Å². The maximum Gasteiger partial charge on any atom is 0.0564 e. The van der Waals surface area contributed by atoms with Crippen molar-refractivity contribution < 1.29 is 5.11 Å². The first-order valence-corrected chi connectivity index (χ1v) is 8.44. The Balaban J connectivity index is 1.93. The second-order valence-electron chi connectivity index (χ2n) is 6.35. The van der Waals surface area contributed by atoms with Gasteiger partial charge in [-0.2, -0.15) is 0 Å². The summed E-state index contributed by atoms with van der Waals surface area (Å²) in [6.45, 7) is 7.49. The highest BCUT2D eigenvalue weighted by atomic mass is 16.3. The molecule has 0 spiro atoms. The molecule has 1 aliphatic heterocycles. The van der Waals surface area contributed by atoms with Crippen molar-refractivity contribution in [1.29, 1.82) is 0 Å². The molecule has 1 saturated heterocycles. The quantitative estimate of drug-likeness (QED) is 0.805. The molecule has 2 N–H and O–H groups in total. The van der Waals surface area contributed by atoms with Gasteiger partial charge in [-0.25, -0.2) is 0 Å². The summed E-state index contributed by atoms with van der Waals surface area (Å²) in [5, 5.41) is 13.3. The highest BCUT2D eigenvalue weighted by Crippen LogP contribution is 2.21. The van der Waals surface area contributed by atoms with Crippen LogP contribution < -0.4 is 5.32 Å². The minimum absolute atomic E-state index is 0.0938. The molecule has 118 valence electrons. The number of piperidine rings is 1. The number of hydrogen-bond acceptors (Lipinski definition) is 3. The second kappa shape index (κ2) is 8.40. The van der Waals surface area contributed by atoms with E-state index < -0.39 is 0 Å². The lowest BCUT2D eigenvalue weighted by molar-refractivity contribution is 0.0793. The molecular weight excluding hydrogens is 260 g/mol. The van der Waals surface area contributed by atoms with Gasteiger partial charge in [0.2, 0.25) is 0 Å². The molecular formula is C18H30N2O. The Morgan fingerprint density at radius 1 is 1.29 bits per heavy atom. The summed E-state index contributed by atoms with van der Waals surface area (Å²) in [5.41, 5.74) is 2.64. The number of anilines is 1. The molecule has 0 aromatic heterocycles. The lowest BCUT2D eigenvalue weighted by atomic mass is 10.1. The number of aliphatic hydroxyl groups is 1. The van der Waals surface area contributed by atoms with Crippen molar-refractivity contribution in [3.63, 3.8) is 0 Å². The molecule has 1 aliphatic rings. The van der Waals surface area contributed by atoms with Gasteiger partial charge in [0.15, 0.2) is 0 Å². The van der Waals surface area contributed by atoms with Crippen LogP contribution in [-0.2, 0) is 6.54 Å². The second-order valence-corrected chi connectivity index (χ2v) is 6.35. The van der Waals surface area contributed by atoms with Gasteiger partial charge in [0.05, 0.1) is 6.10 Å². The van der Waals surface area contributed by atoms with Crippen LogP contribution in [-0.4, -0.2) is 35.2 Å². The molecule has 0 amide bonds. The SMILES string of the molecule is CCCCC(C)Nc1ccccc1CN1CCC(O)CC1. The highest BCUT2D eigenvalue weighted by Gasteiger charge is 2.18. The number of benzene rings is 1. The largest absolute Gasteiger partial charge is 0.393 e. The summed E-state index contributed by atoms with van der Waals surface area (Å²) < 4.78 is 0. The zero-order valence-corrected chi connectivity index (χ0v) is 13.5. The molecule has 1 atom stereocenters. The average molecular weight is 290 g/mol. The van der Waals surface area contributed by atoms with E-state index in [2.05, 4.69) is 48.3 Å². The third kappa shape index (κ3) is 5.33. The predicted octanol–water partition coefficient (Wildman–Crippen LogP) is 3.63. The van der Waals surface area contributed by atoms with Gasteiger partial charge in [-0.05, 0) is 37.8 Å². The average Bonchev–Trinajstić information content (AvgIpc) is 2.49. The molecule has 1 aromatic rings. The molecule has 2 rings (SSSR count). The fourth-order valence-electron chi connectivity index (χ4n) is 2.97. The van der Waals surface area contributed by atoms with E-state index in [1.807, 2.05) is 0 Å². The van der Waals surface area contributed by atoms with Crippen molar-refractivity contribution >= 4 is 5.69 Å². The summed E-state index contributed by atoms with van der Waals surface area (Å²) in [5.74, 6) is 0. The summed E-state index contributed by atoms with van der Waals surface area (Å²) in [6, 6.07) is 9.17. The topological polar surface area (TPSA) is 35.5 Å². The minimum Gasteiger partial charge on any atom is -0.393 e. The van der Waals surface area contributed by atoms with E-state index in [1.54, 1.807) is 0 Å². The standard InChI is InChI=1S/C18H30N2O/c1-3-4-7-15(2)19-18-9-6-5-8-16(18)14-20-12-10-17(21)11-13-20/h5-6,8-9,15,17,19,21H,3-4,7,10-14H2,1-2H3. The van der Waals surface area contributed by atoms with Crippen molar-refractivity contribution in [1.82, 2.24) is 4.90 Å². The lowest BCUT2D eigenvalue weighted by Gasteiger charge is -2.30. The molecule has 0 saturated carbocycles. The van der Waals surface area contributed by atoms with Gasteiger partial charge < -0.3 is 10.4 Å². The molecule has 1 fully saturated rings. The van der Waals surface area contributed by atoms with Crippen molar-refractivity contribution in [2.24, 2.45) is 0 Å². The van der Waals surface area contributed by atoms with Crippen molar-refractivity contribution in [3.8, 4) is 0 Å². The summed E-state index contributed by atoms with van der Waals surface area (Å²) in [6.07, 6.45) is 5.47. The van der Waals surface area contributed by atoms with E-state index in [-0.39, 0.29) is 6.10 Å². The first-order valence-electron chi connectivity index (χ1n) is 8.44. The Morgan fingerprint density at radius 2 is 2.00 bits per heavy atom. The van der Waals surface area contributed by atoms with Crippen molar-refractivity contribution in [3.05, 3.63) is 29.8 Å². The third-order valence-electron chi connectivity index (χ3n) is 4.36. The van der Waals surface area contributed by atoms with Crippen molar-refractivity contribution in [2.75, 3.05) is 18.4 Å². The Kier molecular flexibility index (Phi) is 6.52. The van der Waals surface area contributed by atoms with Crippen LogP contribution in [0.4, 0.5) is 5.69 Å². The van der Waals surface area contributed by atoms with Crippen LogP contribution in [0.3, 0.4) is 0 Å². The normalized spacial score (nSPS) is 18.6. The van der Waals surface area contributed by atoms with Gasteiger partial charge in [0.1, 0.15) is 0 Å². The first kappa shape index (κ1) is 16.3. The van der Waals surface area contributed by atoms with Gasteiger partial charge in [-0.1, -0.05) is 38.0 Å². The predicted molar refractivity (Wildman–Crippen MR) is 89.6 cm³/mol. The Labute approximate surface area is 129 Å². The molecule has 1 aromatic carbocycles.